The van der Waals surface area contributed by atoms with Crippen molar-refractivity contribution >= 4 is 16.7 Å². The van der Waals surface area contributed by atoms with E-state index < -0.39 is 0 Å². The van der Waals surface area contributed by atoms with Gasteiger partial charge in [0.15, 0.2) is 0 Å². The number of carbonyl (C=O) groups excluding carboxylic acids is 1. The lowest BCUT2D eigenvalue weighted by Gasteiger charge is -2.31. The van der Waals surface area contributed by atoms with Crippen LogP contribution in [0.3, 0.4) is 0 Å². The summed E-state index contributed by atoms with van der Waals surface area (Å²) in [7, 11) is 0. The van der Waals surface area contributed by atoms with Crippen molar-refractivity contribution in [3.05, 3.63) is 53.4 Å². The normalized spacial score (nSPS) is 18.1. The molecule has 2 aliphatic heterocycles. The van der Waals surface area contributed by atoms with E-state index in [2.05, 4.69) is 58.4 Å². The summed E-state index contributed by atoms with van der Waals surface area (Å²) in [5, 5.41) is 5.57. The van der Waals surface area contributed by atoms with E-state index in [1.54, 1.807) is 0 Å². The fourth-order valence-electron chi connectivity index (χ4n) is 5.75. The first-order valence-electron chi connectivity index (χ1n) is 13.8. The Morgan fingerprint density at radius 3 is 2.58 bits per heavy atom. The standard InChI is InChI=1S/C30H40N4O2/c1-22-11-12-24-9-4-5-10-26(24)28(22)30-32-27(23(2)36-30)21-34-19-13-25(14-20-34)29(35)31-15-8-18-33-16-6-3-7-17-33/h4-5,9-12,25H,3,6-8,13-21H2,1-2H3,(H,31,35). The van der Waals surface area contributed by atoms with Crippen molar-refractivity contribution in [2.24, 2.45) is 5.92 Å². The van der Waals surface area contributed by atoms with E-state index in [1.165, 1.54) is 48.7 Å². The molecule has 0 radical (unpaired) electrons. The molecule has 6 nitrogen and oxygen atoms in total. The SMILES string of the molecule is Cc1ccc2ccccc2c1-c1nc(CN2CCC(C(=O)NCCCN3CCCCC3)CC2)c(C)o1. The van der Waals surface area contributed by atoms with Gasteiger partial charge in [0.25, 0.3) is 0 Å². The van der Waals surface area contributed by atoms with Gasteiger partial charge in [-0.25, -0.2) is 4.98 Å². The third kappa shape index (κ3) is 5.81. The highest BCUT2D eigenvalue weighted by Gasteiger charge is 2.26. The van der Waals surface area contributed by atoms with Crippen molar-refractivity contribution in [1.82, 2.24) is 20.1 Å². The minimum atomic E-state index is 0.128. The van der Waals surface area contributed by atoms with Crippen LogP contribution in [0.1, 0.15) is 55.5 Å². The van der Waals surface area contributed by atoms with Gasteiger partial charge < -0.3 is 14.6 Å². The third-order valence-corrected chi connectivity index (χ3v) is 7.97. The number of nitrogens with one attached hydrogen (secondary N) is 1. The zero-order chi connectivity index (χ0) is 24.9. The summed E-state index contributed by atoms with van der Waals surface area (Å²) >= 11 is 0. The molecule has 0 saturated carbocycles. The van der Waals surface area contributed by atoms with Crippen molar-refractivity contribution < 1.29 is 9.21 Å². The predicted octanol–water partition coefficient (Wildman–Crippen LogP) is 5.32. The molecule has 36 heavy (non-hydrogen) atoms. The van der Waals surface area contributed by atoms with Crippen LogP contribution in [0.15, 0.2) is 40.8 Å². The van der Waals surface area contributed by atoms with Crippen LogP contribution in [0.4, 0.5) is 0 Å². The Balaban J connectivity index is 1.12. The second-order valence-corrected chi connectivity index (χ2v) is 10.6. The van der Waals surface area contributed by atoms with Crippen LogP contribution in [0.5, 0.6) is 0 Å². The lowest BCUT2D eigenvalue weighted by molar-refractivity contribution is -0.126. The largest absolute Gasteiger partial charge is 0.441 e. The van der Waals surface area contributed by atoms with E-state index in [0.29, 0.717) is 5.89 Å². The van der Waals surface area contributed by atoms with E-state index in [0.717, 1.165) is 69.0 Å². The minimum Gasteiger partial charge on any atom is -0.441 e. The topological polar surface area (TPSA) is 61.6 Å². The molecule has 2 aliphatic rings. The number of aromatic nitrogens is 1. The summed E-state index contributed by atoms with van der Waals surface area (Å²) in [6.07, 6.45) is 6.88. The summed E-state index contributed by atoms with van der Waals surface area (Å²) in [5.74, 6) is 1.95. The number of hydrogen-bond donors (Lipinski definition) is 1. The second kappa shape index (κ2) is 11.6. The van der Waals surface area contributed by atoms with Crippen LogP contribution in [0, 0.1) is 19.8 Å². The average molecular weight is 489 g/mol. The first-order valence-corrected chi connectivity index (χ1v) is 13.8. The first-order chi connectivity index (χ1) is 17.6. The van der Waals surface area contributed by atoms with E-state index >= 15 is 0 Å². The van der Waals surface area contributed by atoms with Crippen molar-refractivity contribution in [1.29, 1.82) is 0 Å². The molecule has 5 rings (SSSR count). The number of fused-ring (bicyclic) bond motifs is 1. The highest BCUT2D eigenvalue weighted by Crippen LogP contribution is 2.33. The van der Waals surface area contributed by atoms with Crippen LogP contribution < -0.4 is 5.32 Å². The van der Waals surface area contributed by atoms with Gasteiger partial charge in [-0.1, -0.05) is 42.8 Å². The molecule has 0 spiro atoms. The minimum absolute atomic E-state index is 0.128. The van der Waals surface area contributed by atoms with Crippen LogP contribution in [-0.4, -0.2) is 60.0 Å². The van der Waals surface area contributed by atoms with E-state index in [4.69, 9.17) is 9.40 Å². The Kier molecular flexibility index (Phi) is 8.02. The molecule has 3 aromatic rings. The van der Waals surface area contributed by atoms with Crippen molar-refractivity contribution in [3.63, 3.8) is 0 Å². The van der Waals surface area contributed by atoms with Gasteiger partial charge in [-0.05, 0) is 95.0 Å². The number of benzene rings is 2. The van der Waals surface area contributed by atoms with Crippen LogP contribution in [0.2, 0.25) is 0 Å². The Labute approximate surface area is 215 Å². The summed E-state index contributed by atoms with van der Waals surface area (Å²) < 4.78 is 6.18. The molecule has 1 amide bonds. The van der Waals surface area contributed by atoms with E-state index in [-0.39, 0.29) is 11.8 Å². The van der Waals surface area contributed by atoms with Crippen molar-refractivity contribution in [2.45, 2.75) is 58.9 Å². The monoisotopic (exact) mass is 488 g/mol. The zero-order valence-corrected chi connectivity index (χ0v) is 21.9. The number of carbonyl (C=O) groups is 1. The molecular formula is C30H40N4O2. The lowest BCUT2D eigenvalue weighted by atomic mass is 9.95. The van der Waals surface area contributed by atoms with E-state index in [9.17, 15) is 4.79 Å². The fraction of sp³-hybridized carbons (Fsp3) is 0.533. The molecule has 2 saturated heterocycles. The first kappa shape index (κ1) is 25.0. The molecule has 0 aliphatic carbocycles. The lowest BCUT2D eigenvalue weighted by Crippen LogP contribution is -2.41. The van der Waals surface area contributed by atoms with Crippen LogP contribution in [-0.2, 0) is 11.3 Å². The molecule has 1 aromatic heterocycles. The molecular weight excluding hydrogens is 448 g/mol. The van der Waals surface area contributed by atoms with Gasteiger partial charge in [-0.15, -0.1) is 0 Å². The number of aryl methyl sites for hydroxylation is 2. The maximum absolute atomic E-state index is 12.7. The number of piperidine rings is 2. The average Bonchev–Trinajstić information content (AvgIpc) is 3.26. The van der Waals surface area contributed by atoms with Gasteiger partial charge in [0.2, 0.25) is 11.8 Å². The summed E-state index contributed by atoms with van der Waals surface area (Å²) in [6.45, 7) is 11.1. The molecule has 6 heteroatoms. The molecule has 192 valence electrons. The zero-order valence-electron chi connectivity index (χ0n) is 21.9. The summed E-state index contributed by atoms with van der Waals surface area (Å²) in [6, 6.07) is 12.7. The number of amides is 1. The highest BCUT2D eigenvalue weighted by atomic mass is 16.4. The second-order valence-electron chi connectivity index (χ2n) is 10.6. The maximum Gasteiger partial charge on any atom is 0.227 e. The summed E-state index contributed by atoms with van der Waals surface area (Å²) in [5.41, 5.74) is 3.25. The molecule has 1 N–H and O–H groups in total. The van der Waals surface area contributed by atoms with Gasteiger partial charge in [-0.2, -0.15) is 0 Å². The van der Waals surface area contributed by atoms with Gasteiger partial charge in [0.1, 0.15) is 5.76 Å². The van der Waals surface area contributed by atoms with Crippen LogP contribution >= 0.6 is 0 Å². The van der Waals surface area contributed by atoms with Gasteiger partial charge >= 0.3 is 0 Å². The Morgan fingerprint density at radius 1 is 1.00 bits per heavy atom. The van der Waals surface area contributed by atoms with Gasteiger partial charge in [0, 0.05) is 24.6 Å². The number of rotatable bonds is 8. The molecule has 2 fully saturated rings. The highest BCUT2D eigenvalue weighted by molar-refractivity contribution is 5.96. The van der Waals surface area contributed by atoms with Gasteiger partial charge in [0.05, 0.1) is 5.69 Å². The van der Waals surface area contributed by atoms with Crippen LogP contribution in [0.25, 0.3) is 22.2 Å². The molecule has 0 atom stereocenters. The Morgan fingerprint density at radius 2 is 1.78 bits per heavy atom. The number of hydrogen-bond acceptors (Lipinski definition) is 5. The third-order valence-electron chi connectivity index (χ3n) is 7.97. The smallest absolute Gasteiger partial charge is 0.227 e. The molecule has 0 unspecified atom stereocenters. The Hall–Kier alpha value is -2.70. The Bertz CT molecular complexity index is 1170. The number of oxazole rings is 1. The molecule has 3 heterocycles. The van der Waals surface area contributed by atoms with E-state index in [1.807, 2.05) is 6.92 Å². The molecule has 0 bridgehead atoms. The van der Waals surface area contributed by atoms with Crippen molar-refractivity contribution in [3.8, 4) is 11.5 Å². The summed E-state index contributed by atoms with van der Waals surface area (Å²) in [4.78, 5) is 22.6. The van der Waals surface area contributed by atoms with Gasteiger partial charge in [-0.3, -0.25) is 9.69 Å². The fourth-order valence-corrected chi connectivity index (χ4v) is 5.75. The number of likely N-dealkylation sites (tertiary alicyclic amines) is 2. The quantitative estimate of drug-likeness (QED) is 0.435. The predicted molar refractivity (Wildman–Crippen MR) is 145 cm³/mol. The number of nitrogens with zero attached hydrogens (tertiary/aromatic N) is 3. The molecule has 2 aromatic carbocycles. The maximum atomic E-state index is 12.7. The van der Waals surface area contributed by atoms with Crippen molar-refractivity contribution in [2.75, 3.05) is 39.3 Å².